The van der Waals surface area contributed by atoms with Crippen molar-refractivity contribution in [3.63, 3.8) is 0 Å². The van der Waals surface area contributed by atoms with Gasteiger partial charge in [0, 0.05) is 10.0 Å². The van der Waals surface area contributed by atoms with Crippen molar-refractivity contribution in [1.82, 2.24) is 0 Å². The Morgan fingerprint density at radius 2 is 2.10 bits per heavy atom. The fourth-order valence-electron chi connectivity index (χ4n) is 1.77. The number of hydrogen-bond acceptors (Lipinski definition) is 4. The topological polar surface area (TPSA) is 68.3 Å². The van der Waals surface area contributed by atoms with Crippen LogP contribution in [0.5, 0.6) is 11.5 Å². The van der Waals surface area contributed by atoms with Crippen LogP contribution in [0.3, 0.4) is 0 Å². The maximum absolute atomic E-state index is 8.91. The van der Waals surface area contributed by atoms with Crippen LogP contribution >= 0.6 is 38.5 Å². The van der Waals surface area contributed by atoms with Gasteiger partial charge in [0.15, 0.2) is 5.75 Å². The Hall–Kier alpha value is -1.46. The third kappa shape index (κ3) is 3.80. The number of nitrogens with two attached hydrogens (primary N) is 1. The molecule has 2 rings (SSSR count). The predicted molar refractivity (Wildman–Crippen MR) is 93.3 cm³/mol. The van der Waals surface area contributed by atoms with Gasteiger partial charge in [-0.15, -0.1) is 0 Å². The minimum Gasteiger partial charge on any atom is -0.497 e. The SMILES string of the molecule is COc1ccc(Br)c(COc2c(N)cc(C#N)cc2I)c1. The highest BCUT2D eigenvalue weighted by Gasteiger charge is 2.10. The van der Waals surface area contributed by atoms with Crippen molar-refractivity contribution in [3.8, 4) is 17.6 Å². The third-order valence-electron chi connectivity index (χ3n) is 2.83. The smallest absolute Gasteiger partial charge is 0.156 e. The largest absolute Gasteiger partial charge is 0.497 e. The zero-order valence-corrected chi connectivity index (χ0v) is 14.9. The minimum atomic E-state index is 0.351. The van der Waals surface area contributed by atoms with Gasteiger partial charge in [-0.05, 0) is 52.9 Å². The van der Waals surface area contributed by atoms with Gasteiger partial charge in [0.1, 0.15) is 12.4 Å². The Balaban J connectivity index is 2.23. The number of rotatable bonds is 4. The molecule has 2 aromatic carbocycles. The lowest BCUT2D eigenvalue weighted by Crippen LogP contribution is -2.02. The maximum Gasteiger partial charge on any atom is 0.156 e. The molecule has 4 nitrogen and oxygen atoms in total. The Bertz CT molecular complexity index is 690. The summed E-state index contributed by atoms with van der Waals surface area (Å²) >= 11 is 5.59. The molecule has 0 aromatic heterocycles. The molecule has 0 radical (unpaired) electrons. The van der Waals surface area contributed by atoms with Crippen molar-refractivity contribution < 1.29 is 9.47 Å². The molecule has 0 heterocycles. The number of anilines is 1. The molecule has 0 bridgehead atoms. The highest BCUT2D eigenvalue weighted by molar-refractivity contribution is 14.1. The lowest BCUT2D eigenvalue weighted by molar-refractivity contribution is 0.304. The number of nitrogens with zero attached hydrogens (tertiary/aromatic N) is 1. The standard InChI is InChI=1S/C15H12BrIN2O2/c1-20-11-2-3-12(16)10(6-11)8-21-15-13(17)4-9(7-18)5-14(15)19/h2-6H,8,19H2,1H3. The summed E-state index contributed by atoms with van der Waals surface area (Å²) in [4.78, 5) is 0. The van der Waals surface area contributed by atoms with Gasteiger partial charge in [-0.25, -0.2) is 0 Å². The van der Waals surface area contributed by atoms with Crippen LogP contribution in [0.15, 0.2) is 34.8 Å². The van der Waals surface area contributed by atoms with Crippen LogP contribution in [0.4, 0.5) is 5.69 Å². The Labute approximate surface area is 145 Å². The zero-order valence-electron chi connectivity index (χ0n) is 11.2. The summed E-state index contributed by atoms with van der Waals surface area (Å²) in [5, 5.41) is 8.91. The Morgan fingerprint density at radius 1 is 1.33 bits per heavy atom. The van der Waals surface area contributed by atoms with Crippen molar-refractivity contribution in [2.75, 3.05) is 12.8 Å². The van der Waals surface area contributed by atoms with Crippen LogP contribution in [0.1, 0.15) is 11.1 Å². The summed E-state index contributed by atoms with van der Waals surface area (Å²) in [5.41, 5.74) is 7.87. The lowest BCUT2D eigenvalue weighted by atomic mass is 10.2. The summed E-state index contributed by atoms with van der Waals surface area (Å²) in [5.74, 6) is 1.35. The molecule has 108 valence electrons. The number of nitrogen functional groups attached to an aromatic ring is 1. The Kier molecular flexibility index (Phi) is 5.31. The molecule has 0 saturated carbocycles. The predicted octanol–water partition coefficient (Wildman–Crippen LogP) is 4.10. The maximum atomic E-state index is 8.91. The van der Waals surface area contributed by atoms with E-state index in [0.29, 0.717) is 23.6 Å². The van der Waals surface area contributed by atoms with E-state index in [9.17, 15) is 0 Å². The van der Waals surface area contributed by atoms with E-state index in [1.807, 2.05) is 18.2 Å². The number of methoxy groups -OCH3 is 1. The molecular weight excluding hydrogens is 447 g/mol. The molecule has 0 saturated heterocycles. The summed E-state index contributed by atoms with van der Waals surface area (Å²) < 4.78 is 12.8. The van der Waals surface area contributed by atoms with Gasteiger partial charge in [0.05, 0.1) is 28.0 Å². The molecule has 0 fully saturated rings. The van der Waals surface area contributed by atoms with Crippen LogP contribution < -0.4 is 15.2 Å². The molecule has 0 unspecified atom stereocenters. The van der Waals surface area contributed by atoms with Crippen molar-refractivity contribution in [2.24, 2.45) is 0 Å². The van der Waals surface area contributed by atoms with Crippen molar-refractivity contribution >= 4 is 44.2 Å². The minimum absolute atomic E-state index is 0.351. The van der Waals surface area contributed by atoms with Crippen molar-refractivity contribution in [2.45, 2.75) is 6.61 Å². The number of nitriles is 1. The molecule has 2 aromatic rings. The molecular formula is C15H12BrIN2O2. The molecule has 21 heavy (non-hydrogen) atoms. The number of hydrogen-bond donors (Lipinski definition) is 1. The second-order valence-corrected chi connectivity index (χ2v) is 6.25. The third-order valence-corrected chi connectivity index (χ3v) is 4.40. The van der Waals surface area contributed by atoms with Crippen LogP contribution in [0.2, 0.25) is 0 Å². The van der Waals surface area contributed by atoms with E-state index < -0.39 is 0 Å². The summed E-state index contributed by atoms with van der Waals surface area (Å²) in [6, 6.07) is 11.1. The molecule has 6 heteroatoms. The fraction of sp³-hybridized carbons (Fsp3) is 0.133. The van der Waals surface area contributed by atoms with E-state index in [4.69, 9.17) is 20.5 Å². The number of benzene rings is 2. The van der Waals surface area contributed by atoms with E-state index in [1.165, 1.54) is 0 Å². The summed E-state index contributed by atoms with van der Waals surface area (Å²) in [6.07, 6.45) is 0. The first-order valence-electron chi connectivity index (χ1n) is 5.99. The lowest BCUT2D eigenvalue weighted by Gasteiger charge is -2.13. The van der Waals surface area contributed by atoms with E-state index in [1.54, 1.807) is 19.2 Å². The molecule has 0 aliphatic rings. The average Bonchev–Trinajstić information content (AvgIpc) is 2.47. The van der Waals surface area contributed by atoms with Gasteiger partial charge >= 0.3 is 0 Å². The van der Waals surface area contributed by atoms with Gasteiger partial charge in [-0.1, -0.05) is 15.9 Å². The van der Waals surface area contributed by atoms with Crippen LogP contribution in [-0.2, 0) is 6.61 Å². The quantitative estimate of drug-likeness (QED) is 0.553. The van der Waals surface area contributed by atoms with Crippen molar-refractivity contribution in [1.29, 1.82) is 5.26 Å². The highest BCUT2D eigenvalue weighted by Crippen LogP contribution is 2.31. The van der Waals surface area contributed by atoms with E-state index in [0.717, 1.165) is 19.4 Å². The van der Waals surface area contributed by atoms with E-state index in [2.05, 4.69) is 44.6 Å². The van der Waals surface area contributed by atoms with Crippen LogP contribution in [-0.4, -0.2) is 7.11 Å². The first-order chi connectivity index (χ1) is 10.0. The molecule has 2 N–H and O–H groups in total. The van der Waals surface area contributed by atoms with Gasteiger partial charge < -0.3 is 15.2 Å². The second kappa shape index (κ2) is 7.00. The van der Waals surface area contributed by atoms with E-state index in [-0.39, 0.29) is 0 Å². The average molecular weight is 459 g/mol. The van der Waals surface area contributed by atoms with Gasteiger partial charge in [0.2, 0.25) is 0 Å². The molecule has 0 amide bonds. The van der Waals surface area contributed by atoms with Crippen LogP contribution in [0.25, 0.3) is 0 Å². The fourth-order valence-corrected chi connectivity index (χ4v) is 2.93. The molecule has 0 atom stereocenters. The van der Waals surface area contributed by atoms with Gasteiger partial charge in [-0.3, -0.25) is 0 Å². The van der Waals surface area contributed by atoms with Gasteiger partial charge in [0.25, 0.3) is 0 Å². The normalized spacial score (nSPS) is 10.0. The van der Waals surface area contributed by atoms with Crippen LogP contribution in [0, 0.1) is 14.9 Å². The highest BCUT2D eigenvalue weighted by atomic mass is 127. The summed E-state index contributed by atoms with van der Waals surface area (Å²) in [6.45, 7) is 0.351. The number of halogens is 2. The zero-order chi connectivity index (χ0) is 15.4. The van der Waals surface area contributed by atoms with Crippen molar-refractivity contribution in [3.05, 3.63) is 49.5 Å². The molecule has 0 aliphatic carbocycles. The summed E-state index contributed by atoms with van der Waals surface area (Å²) in [7, 11) is 1.62. The molecule has 0 spiro atoms. The first kappa shape index (κ1) is 15.9. The Morgan fingerprint density at radius 3 is 2.71 bits per heavy atom. The first-order valence-corrected chi connectivity index (χ1v) is 7.86. The number of ether oxygens (including phenoxy) is 2. The van der Waals surface area contributed by atoms with Gasteiger partial charge in [-0.2, -0.15) is 5.26 Å². The monoisotopic (exact) mass is 458 g/mol. The molecule has 0 aliphatic heterocycles. The second-order valence-electron chi connectivity index (χ2n) is 4.23. The van der Waals surface area contributed by atoms with E-state index >= 15 is 0 Å².